The number of carbonyl (C=O) groups excluding carboxylic acids is 3. The predicted molar refractivity (Wildman–Crippen MR) is 139 cm³/mol. The Hall–Kier alpha value is -3.43. The summed E-state index contributed by atoms with van der Waals surface area (Å²) in [6, 6.07) is 14.0. The topological polar surface area (TPSA) is 94.2 Å². The Morgan fingerprint density at radius 3 is 1.92 bits per heavy atom. The maximum atomic E-state index is 12.5. The molecule has 4 rings (SSSR count). The first kappa shape index (κ1) is 25.7. The van der Waals surface area contributed by atoms with Crippen LogP contribution in [-0.4, -0.2) is 91.4 Å². The Balaban J connectivity index is 1.18. The first-order valence-corrected chi connectivity index (χ1v) is 12.7. The monoisotopic (exact) mass is 493 g/mol. The zero-order valence-electron chi connectivity index (χ0n) is 20.9. The van der Waals surface area contributed by atoms with Crippen LogP contribution in [0.2, 0.25) is 0 Å². The molecule has 0 spiro atoms. The average molecular weight is 494 g/mol. The molecule has 0 aromatic heterocycles. The number of amides is 3. The number of hydrogen-bond acceptors (Lipinski definition) is 6. The van der Waals surface area contributed by atoms with Gasteiger partial charge >= 0.3 is 0 Å². The Kier molecular flexibility index (Phi) is 8.91. The molecule has 3 amide bonds. The Bertz CT molecular complexity index is 1030. The molecule has 2 aliphatic rings. The number of anilines is 2. The molecule has 2 saturated heterocycles. The fourth-order valence-corrected chi connectivity index (χ4v) is 4.48. The fraction of sp³-hybridized carbons (Fsp3) is 0.444. The van der Waals surface area contributed by atoms with Crippen molar-refractivity contribution >= 4 is 29.1 Å². The van der Waals surface area contributed by atoms with Crippen LogP contribution in [0.1, 0.15) is 30.1 Å². The number of benzene rings is 2. The summed E-state index contributed by atoms with van der Waals surface area (Å²) in [7, 11) is 0. The Morgan fingerprint density at radius 2 is 1.31 bits per heavy atom. The van der Waals surface area contributed by atoms with Crippen molar-refractivity contribution in [3.8, 4) is 5.75 Å². The highest BCUT2D eigenvalue weighted by molar-refractivity contribution is 6.04. The lowest BCUT2D eigenvalue weighted by atomic mass is 10.2. The van der Waals surface area contributed by atoms with E-state index in [0.29, 0.717) is 36.6 Å². The van der Waals surface area contributed by atoms with Crippen LogP contribution in [-0.2, 0) is 9.59 Å². The summed E-state index contributed by atoms with van der Waals surface area (Å²) in [5.41, 5.74) is 1.83. The lowest BCUT2D eigenvalue weighted by molar-refractivity contribution is -0.132. The molecule has 0 saturated carbocycles. The Labute approximate surface area is 212 Å². The highest BCUT2D eigenvalue weighted by Crippen LogP contribution is 2.17. The lowest BCUT2D eigenvalue weighted by Gasteiger charge is -2.34. The van der Waals surface area contributed by atoms with Crippen LogP contribution in [0.5, 0.6) is 5.75 Å². The van der Waals surface area contributed by atoms with E-state index in [1.165, 1.54) is 0 Å². The number of nitrogens with one attached hydrogen (secondary N) is 2. The lowest BCUT2D eigenvalue weighted by Crippen LogP contribution is -2.51. The van der Waals surface area contributed by atoms with Gasteiger partial charge < -0.3 is 20.3 Å². The van der Waals surface area contributed by atoms with E-state index in [2.05, 4.69) is 20.4 Å². The molecule has 0 atom stereocenters. The summed E-state index contributed by atoms with van der Waals surface area (Å²) in [5, 5.41) is 5.76. The number of ether oxygens (including phenoxy) is 1. The van der Waals surface area contributed by atoms with Crippen LogP contribution >= 0.6 is 0 Å². The van der Waals surface area contributed by atoms with Crippen molar-refractivity contribution in [3.05, 3.63) is 54.1 Å². The maximum Gasteiger partial charge on any atom is 0.255 e. The van der Waals surface area contributed by atoms with E-state index < -0.39 is 0 Å². The van der Waals surface area contributed by atoms with Crippen LogP contribution in [0, 0.1) is 0 Å². The molecule has 0 bridgehead atoms. The first-order chi connectivity index (χ1) is 17.5. The van der Waals surface area contributed by atoms with E-state index in [0.717, 1.165) is 57.9 Å². The summed E-state index contributed by atoms with van der Waals surface area (Å²) in [6.07, 6.45) is 2.21. The third-order valence-corrected chi connectivity index (χ3v) is 6.50. The number of piperazine rings is 1. The van der Waals surface area contributed by atoms with Gasteiger partial charge in [-0.2, -0.15) is 0 Å². The van der Waals surface area contributed by atoms with Crippen molar-refractivity contribution in [1.29, 1.82) is 0 Å². The van der Waals surface area contributed by atoms with Crippen molar-refractivity contribution < 1.29 is 19.1 Å². The number of rotatable bonds is 9. The zero-order valence-corrected chi connectivity index (χ0v) is 20.9. The minimum absolute atomic E-state index is 0.0943. The van der Waals surface area contributed by atoms with Gasteiger partial charge in [-0.25, -0.2) is 0 Å². The van der Waals surface area contributed by atoms with Gasteiger partial charge in [-0.1, -0.05) is 0 Å². The largest absolute Gasteiger partial charge is 0.494 e. The predicted octanol–water partition coefficient (Wildman–Crippen LogP) is 2.52. The normalized spacial score (nSPS) is 16.5. The van der Waals surface area contributed by atoms with Crippen molar-refractivity contribution in [3.63, 3.8) is 0 Å². The molecule has 9 heteroatoms. The van der Waals surface area contributed by atoms with Gasteiger partial charge in [0.15, 0.2) is 0 Å². The molecule has 192 valence electrons. The van der Waals surface area contributed by atoms with Crippen LogP contribution in [0.15, 0.2) is 48.5 Å². The van der Waals surface area contributed by atoms with Crippen LogP contribution < -0.4 is 15.4 Å². The molecule has 2 fully saturated rings. The highest BCUT2D eigenvalue weighted by atomic mass is 16.5. The molecule has 36 heavy (non-hydrogen) atoms. The quantitative estimate of drug-likeness (QED) is 0.558. The van der Waals surface area contributed by atoms with E-state index in [1.807, 2.05) is 24.0 Å². The molecular formula is C27H35N5O4. The van der Waals surface area contributed by atoms with E-state index in [-0.39, 0.29) is 17.7 Å². The molecule has 2 aromatic rings. The number of carbonyl (C=O) groups is 3. The van der Waals surface area contributed by atoms with Crippen molar-refractivity contribution in [1.82, 2.24) is 14.7 Å². The van der Waals surface area contributed by atoms with Gasteiger partial charge in [0.25, 0.3) is 5.91 Å². The average Bonchev–Trinajstić information content (AvgIpc) is 3.42. The highest BCUT2D eigenvalue weighted by Gasteiger charge is 2.24. The van der Waals surface area contributed by atoms with E-state index in [9.17, 15) is 14.4 Å². The molecule has 0 unspecified atom stereocenters. The Morgan fingerprint density at radius 1 is 0.750 bits per heavy atom. The standard InChI is InChI=1S/C27H35N5O4/c1-2-36-24-11-9-23(10-12-24)29-27(35)21-5-7-22(8-6-21)28-25(33)19-30-15-17-31(18-16-30)20-26(34)32-13-3-4-14-32/h5-12H,2-4,13-20H2,1H3,(H,28,33)(H,29,35). The van der Waals surface area contributed by atoms with Gasteiger partial charge in [0, 0.05) is 56.2 Å². The van der Waals surface area contributed by atoms with Crippen molar-refractivity contribution in [2.45, 2.75) is 19.8 Å². The van der Waals surface area contributed by atoms with Crippen LogP contribution in [0.25, 0.3) is 0 Å². The van der Waals surface area contributed by atoms with E-state index in [1.54, 1.807) is 36.4 Å². The third-order valence-electron chi connectivity index (χ3n) is 6.50. The molecule has 2 aliphatic heterocycles. The maximum absolute atomic E-state index is 12.5. The van der Waals surface area contributed by atoms with Gasteiger partial charge in [-0.15, -0.1) is 0 Å². The van der Waals surface area contributed by atoms with Crippen LogP contribution in [0.3, 0.4) is 0 Å². The van der Waals surface area contributed by atoms with Gasteiger partial charge in [-0.3, -0.25) is 24.2 Å². The van der Waals surface area contributed by atoms with Gasteiger partial charge in [0.1, 0.15) is 5.75 Å². The van der Waals surface area contributed by atoms with Crippen LogP contribution in [0.4, 0.5) is 11.4 Å². The third kappa shape index (κ3) is 7.29. The van der Waals surface area contributed by atoms with Gasteiger partial charge in [0.2, 0.25) is 11.8 Å². The molecule has 2 aromatic carbocycles. The number of hydrogen-bond donors (Lipinski definition) is 2. The first-order valence-electron chi connectivity index (χ1n) is 12.7. The molecule has 2 N–H and O–H groups in total. The summed E-state index contributed by atoms with van der Waals surface area (Å²) >= 11 is 0. The second kappa shape index (κ2) is 12.5. The molecule has 0 radical (unpaired) electrons. The molecule has 9 nitrogen and oxygen atoms in total. The number of likely N-dealkylation sites (tertiary alicyclic amines) is 1. The summed E-state index contributed by atoms with van der Waals surface area (Å²) in [6.45, 7) is 8.12. The van der Waals surface area contributed by atoms with Gasteiger partial charge in [-0.05, 0) is 68.3 Å². The molecule has 2 heterocycles. The van der Waals surface area contributed by atoms with Crippen molar-refractivity contribution in [2.75, 3.05) is 69.6 Å². The SMILES string of the molecule is CCOc1ccc(NC(=O)c2ccc(NC(=O)CN3CCN(CC(=O)N4CCCC4)CC3)cc2)cc1. The van der Waals surface area contributed by atoms with Crippen molar-refractivity contribution in [2.24, 2.45) is 0 Å². The smallest absolute Gasteiger partial charge is 0.255 e. The van der Waals surface area contributed by atoms with Gasteiger partial charge in [0.05, 0.1) is 19.7 Å². The minimum atomic E-state index is -0.224. The number of nitrogens with zero attached hydrogens (tertiary/aromatic N) is 3. The summed E-state index contributed by atoms with van der Waals surface area (Å²) < 4.78 is 5.41. The second-order valence-corrected chi connectivity index (χ2v) is 9.18. The van der Waals surface area contributed by atoms with E-state index >= 15 is 0 Å². The zero-order chi connectivity index (χ0) is 25.3. The fourth-order valence-electron chi connectivity index (χ4n) is 4.48. The molecular weight excluding hydrogens is 458 g/mol. The summed E-state index contributed by atoms with van der Waals surface area (Å²) in [5.74, 6) is 0.654. The van der Waals surface area contributed by atoms with E-state index in [4.69, 9.17) is 4.74 Å². The molecule has 0 aliphatic carbocycles. The minimum Gasteiger partial charge on any atom is -0.494 e. The second-order valence-electron chi connectivity index (χ2n) is 9.18. The summed E-state index contributed by atoms with van der Waals surface area (Å²) in [4.78, 5) is 43.6.